The number of benzene rings is 1. The molecule has 0 saturated heterocycles. The fraction of sp³-hybridized carbons (Fsp3) is 0.333. The number of nitrogens with zero attached hydrogens (tertiary/aromatic N) is 3. The van der Waals surface area contributed by atoms with Gasteiger partial charge in [0, 0.05) is 18.3 Å². The first-order chi connectivity index (χ1) is 9.65. The summed E-state index contributed by atoms with van der Waals surface area (Å²) in [7, 11) is 0. The van der Waals surface area contributed by atoms with Crippen LogP contribution in [0.1, 0.15) is 24.3 Å². The summed E-state index contributed by atoms with van der Waals surface area (Å²) in [5.41, 5.74) is 1.39. The van der Waals surface area contributed by atoms with E-state index in [0.29, 0.717) is 12.2 Å². The first-order valence-corrected chi connectivity index (χ1v) is 6.64. The number of rotatable bonds is 5. The van der Waals surface area contributed by atoms with Crippen molar-refractivity contribution in [2.24, 2.45) is 0 Å². The monoisotopic (exact) mass is 273 g/mol. The van der Waals surface area contributed by atoms with Gasteiger partial charge in [-0.05, 0) is 26.0 Å². The van der Waals surface area contributed by atoms with Crippen molar-refractivity contribution in [3.05, 3.63) is 48.5 Å². The zero-order valence-electron chi connectivity index (χ0n) is 11.7. The summed E-state index contributed by atoms with van der Waals surface area (Å²) in [4.78, 5) is 18.3. The van der Waals surface area contributed by atoms with Crippen LogP contribution in [0.5, 0.6) is 0 Å². The quantitative estimate of drug-likeness (QED) is 0.902. The smallest absolute Gasteiger partial charge is 0.272 e. The molecule has 2 rings (SSSR count). The summed E-state index contributed by atoms with van der Waals surface area (Å²) in [6.45, 7) is 4.12. The zero-order valence-corrected chi connectivity index (χ0v) is 11.7. The van der Waals surface area contributed by atoms with E-state index in [4.69, 9.17) is 5.11 Å². The van der Waals surface area contributed by atoms with Crippen molar-refractivity contribution in [2.45, 2.75) is 19.9 Å². The number of imidazole rings is 1. The summed E-state index contributed by atoms with van der Waals surface area (Å²) < 4.78 is 1.76. The largest absolute Gasteiger partial charge is 0.395 e. The van der Waals surface area contributed by atoms with Gasteiger partial charge in [0.1, 0.15) is 5.69 Å². The molecular formula is C15H19N3O2. The number of hydrogen-bond donors (Lipinski definition) is 1. The van der Waals surface area contributed by atoms with Gasteiger partial charge in [0.15, 0.2) is 0 Å². The summed E-state index contributed by atoms with van der Waals surface area (Å²) in [6, 6.07) is 9.62. The van der Waals surface area contributed by atoms with Gasteiger partial charge in [-0.15, -0.1) is 0 Å². The highest BCUT2D eigenvalue weighted by Gasteiger charge is 2.21. The summed E-state index contributed by atoms with van der Waals surface area (Å²) >= 11 is 0. The summed E-state index contributed by atoms with van der Waals surface area (Å²) in [5, 5.41) is 9.10. The number of hydrogen-bond acceptors (Lipinski definition) is 3. The fourth-order valence-corrected chi connectivity index (χ4v) is 2.10. The molecule has 1 aromatic carbocycles. The van der Waals surface area contributed by atoms with Gasteiger partial charge in [0.05, 0.1) is 19.1 Å². The van der Waals surface area contributed by atoms with E-state index in [1.54, 1.807) is 22.0 Å². The Balaban J connectivity index is 2.34. The molecule has 1 aromatic heterocycles. The Bertz CT molecular complexity index is 564. The molecule has 0 unspecified atom stereocenters. The molecule has 1 amide bonds. The van der Waals surface area contributed by atoms with Gasteiger partial charge in [-0.25, -0.2) is 4.98 Å². The molecule has 0 bridgehead atoms. The second-order valence-corrected chi connectivity index (χ2v) is 4.80. The predicted octanol–water partition coefficient (Wildman–Crippen LogP) is 1.72. The van der Waals surface area contributed by atoms with Gasteiger partial charge < -0.3 is 10.0 Å². The molecule has 2 aromatic rings. The minimum atomic E-state index is -0.129. The maximum absolute atomic E-state index is 12.6. The fourth-order valence-electron chi connectivity index (χ4n) is 2.10. The van der Waals surface area contributed by atoms with Crippen molar-refractivity contribution in [2.75, 3.05) is 13.2 Å². The van der Waals surface area contributed by atoms with E-state index in [9.17, 15) is 4.79 Å². The van der Waals surface area contributed by atoms with Gasteiger partial charge in [-0.3, -0.25) is 9.36 Å². The molecule has 0 radical (unpaired) electrons. The third-order valence-corrected chi connectivity index (χ3v) is 3.12. The maximum Gasteiger partial charge on any atom is 0.272 e. The van der Waals surface area contributed by atoms with Crippen molar-refractivity contribution >= 4 is 5.91 Å². The number of carbonyl (C=O) groups excluding carboxylic acids is 1. The lowest BCUT2D eigenvalue weighted by Crippen LogP contribution is -2.39. The van der Waals surface area contributed by atoms with Crippen LogP contribution in [-0.2, 0) is 0 Å². The molecule has 0 fully saturated rings. The van der Waals surface area contributed by atoms with E-state index >= 15 is 0 Å². The minimum absolute atomic E-state index is 0.0220. The highest BCUT2D eigenvalue weighted by atomic mass is 16.3. The molecule has 0 aliphatic heterocycles. The zero-order chi connectivity index (χ0) is 14.5. The maximum atomic E-state index is 12.6. The predicted molar refractivity (Wildman–Crippen MR) is 76.8 cm³/mol. The highest BCUT2D eigenvalue weighted by molar-refractivity contribution is 5.93. The van der Waals surface area contributed by atoms with E-state index in [1.165, 1.54) is 0 Å². The molecule has 1 heterocycles. The molecular weight excluding hydrogens is 254 g/mol. The molecule has 106 valence electrons. The molecule has 0 aliphatic carbocycles. The lowest BCUT2D eigenvalue weighted by Gasteiger charge is -2.26. The first-order valence-electron chi connectivity index (χ1n) is 6.64. The Kier molecular flexibility index (Phi) is 4.53. The molecule has 0 spiro atoms. The molecule has 20 heavy (non-hydrogen) atoms. The van der Waals surface area contributed by atoms with Crippen LogP contribution in [0.2, 0.25) is 0 Å². The van der Waals surface area contributed by atoms with E-state index in [0.717, 1.165) is 5.69 Å². The van der Waals surface area contributed by atoms with Crippen LogP contribution < -0.4 is 0 Å². The van der Waals surface area contributed by atoms with Gasteiger partial charge in [0.2, 0.25) is 0 Å². The van der Waals surface area contributed by atoms with Gasteiger partial charge >= 0.3 is 0 Å². The topological polar surface area (TPSA) is 58.4 Å². The van der Waals surface area contributed by atoms with Gasteiger partial charge in [0.25, 0.3) is 5.91 Å². The number of aliphatic hydroxyl groups is 1. The number of amides is 1. The Morgan fingerprint density at radius 2 is 2.05 bits per heavy atom. The molecule has 0 aliphatic rings. The Hall–Kier alpha value is -2.14. The van der Waals surface area contributed by atoms with Crippen molar-refractivity contribution in [1.82, 2.24) is 14.5 Å². The molecule has 5 heteroatoms. The number of aromatic nitrogens is 2. The summed E-state index contributed by atoms with van der Waals surface area (Å²) in [6.07, 6.45) is 3.18. The van der Waals surface area contributed by atoms with Crippen molar-refractivity contribution in [1.29, 1.82) is 0 Å². The molecule has 0 atom stereocenters. The Labute approximate surface area is 118 Å². The van der Waals surface area contributed by atoms with E-state index < -0.39 is 0 Å². The van der Waals surface area contributed by atoms with Crippen LogP contribution in [0.15, 0.2) is 42.9 Å². The first kappa shape index (κ1) is 14.3. The van der Waals surface area contributed by atoms with Crippen LogP contribution in [-0.4, -0.2) is 44.7 Å². The number of carbonyl (C=O) groups is 1. The van der Waals surface area contributed by atoms with Crippen LogP contribution in [0, 0.1) is 0 Å². The van der Waals surface area contributed by atoms with E-state index in [1.807, 2.05) is 44.2 Å². The van der Waals surface area contributed by atoms with Crippen LogP contribution >= 0.6 is 0 Å². The van der Waals surface area contributed by atoms with Crippen molar-refractivity contribution in [3.63, 3.8) is 0 Å². The highest BCUT2D eigenvalue weighted by Crippen LogP contribution is 2.14. The van der Waals surface area contributed by atoms with Crippen LogP contribution in [0.3, 0.4) is 0 Å². The second-order valence-electron chi connectivity index (χ2n) is 4.80. The van der Waals surface area contributed by atoms with E-state index in [2.05, 4.69) is 4.98 Å². The Morgan fingerprint density at radius 3 is 2.65 bits per heavy atom. The lowest BCUT2D eigenvalue weighted by atomic mass is 10.2. The average molecular weight is 273 g/mol. The average Bonchev–Trinajstić information content (AvgIpc) is 2.94. The van der Waals surface area contributed by atoms with Gasteiger partial charge in [-0.1, -0.05) is 18.2 Å². The van der Waals surface area contributed by atoms with Crippen LogP contribution in [0.25, 0.3) is 5.69 Å². The second kappa shape index (κ2) is 6.34. The van der Waals surface area contributed by atoms with Crippen molar-refractivity contribution < 1.29 is 9.90 Å². The normalized spacial score (nSPS) is 10.8. The third-order valence-electron chi connectivity index (χ3n) is 3.12. The number of para-hydroxylation sites is 1. The molecule has 1 N–H and O–H groups in total. The van der Waals surface area contributed by atoms with Crippen molar-refractivity contribution in [3.8, 4) is 5.69 Å². The van der Waals surface area contributed by atoms with Gasteiger partial charge in [-0.2, -0.15) is 0 Å². The van der Waals surface area contributed by atoms with E-state index in [-0.39, 0.29) is 18.6 Å². The standard InChI is InChI=1S/C15H19N3O2/c1-12(2)17(8-9-19)15(20)14-10-16-11-18(14)13-6-4-3-5-7-13/h3-7,10-12,19H,8-9H2,1-2H3. The van der Waals surface area contributed by atoms with Crippen LogP contribution in [0.4, 0.5) is 0 Å². The lowest BCUT2D eigenvalue weighted by molar-refractivity contribution is 0.0657. The molecule has 0 saturated carbocycles. The number of aliphatic hydroxyl groups excluding tert-OH is 1. The summed E-state index contributed by atoms with van der Waals surface area (Å²) in [5.74, 6) is -0.129. The Morgan fingerprint density at radius 1 is 1.35 bits per heavy atom. The third kappa shape index (κ3) is 2.88. The SMILES string of the molecule is CC(C)N(CCO)C(=O)c1cncn1-c1ccccc1. The minimum Gasteiger partial charge on any atom is -0.395 e. The molecule has 5 nitrogen and oxygen atoms in total.